The zero-order chi connectivity index (χ0) is 17.5. The van der Waals surface area contributed by atoms with Gasteiger partial charge in [-0.05, 0) is 50.6 Å². The van der Waals surface area contributed by atoms with E-state index in [1.54, 1.807) is 0 Å². The Kier molecular flexibility index (Phi) is 6.64. The molecule has 0 spiro atoms. The Morgan fingerprint density at radius 1 is 1.17 bits per heavy atom. The first kappa shape index (κ1) is 18.3. The molecule has 2 atom stereocenters. The number of carbonyl (C=O) groups excluding carboxylic acids is 1. The lowest BCUT2D eigenvalue weighted by Crippen LogP contribution is -2.39. The molecule has 24 heavy (non-hydrogen) atoms. The van der Waals surface area contributed by atoms with Crippen molar-refractivity contribution in [1.29, 1.82) is 0 Å². The molecule has 0 aliphatic rings. The average molecular weight is 347 g/mol. The van der Waals surface area contributed by atoms with Gasteiger partial charge in [-0.15, -0.1) is 0 Å². The molecule has 2 aromatic rings. The third-order valence-electron chi connectivity index (χ3n) is 3.69. The Morgan fingerprint density at radius 2 is 1.92 bits per heavy atom. The van der Waals surface area contributed by atoms with Gasteiger partial charge < -0.3 is 10.1 Å². The van der Waals surface area contributed by atoms with Crippen LogP contribution in [0.5, 0.6) is 5.75 Å². The second-order valence-electron chi connectivity index (χ2n) is 5.58. The van der Waals surface area contributed by atoms with Gasteiger partial charge in [0.1, 0.15) is 5.75 Å². The molecule has 0 aromatic heterocycles. The smallest absolute Gasteiger partial charge is 0.241 e. The summed E-state index contributed by atoms with van der Waals surface area (Å²) in [6, 6.07) is 14.7. The Balaban J connectivity index is 2.00. The molecule has 2 rings (SSSR count). The highest BCUT2D eigenvalue weighted by Gasteiger charge is 2.17. The summed E-state index contributed by atoms with van der Waals surface area (Å²) in [5.74, 6) is 0.555. The van der Waals surface area contributed by atoms with E-state index in [9.17, 15) is 4.79 Å². The van der Waals surface area contributed by atoms with Gasteiger partial charge in [-0.2, -0.15) is 0 Å². The van der Waals surface area contributed by atoms with Crippen LogP contribution in [0, 0.1) is 0 Å². The van der Waals surface area contributed by atoms with E-state index in [-0.39, 0.29) is 18.0 Å². The van der Waals surface area contributed by atoms with Crippen LogP contribution in [0.3, 0.4) is 0 Å². The quantitative estimate of drug-likeness (QED) is 0.780. The van der Waals surface area contributed by atoms with Gasteiger partial charge in [0.25, 0.3) is 0 Å². The summed E-state index contributed by atoms with van der Waals surface area (Å²) >= 11 is 6.02. The van der Waals surface area contributed by atoms with Crippen molar-refractivity contribution in [3.05, 3.63) is 59.1 Å². The Hall–Kier alpha value is -2.04. The molecule has 0 bridgehead atoms. The van der Waals surface area contributed by atoms with E-state index < -0.39 is 0 Å². The first-order valence-electron chi connectivity index (χ1n) is 8.05. The van der Waals surface area contributed by atoms with E-state index >= 15 is 0 Å². The molecule has 2 unspecified atom stereocenters. The van der Waals surface area contributed by atoms with Gasteiger partial charge in [0.15, 0.2) is 0 Å². The second kappa shape index (κ2) is 8.71. The van der Waals surface area contributed by atoms with E-state index in [0.29, 0.717) is 23.1 Å². The highest BCUT2D eigenvalue weighted by molar-refractivity contribution is 6.30. The first-order valence-corrected chi connectivity index (χ1v) is 8.43. The van der Waals surface area contributed by atoms with Crippen LogP contribution in [0.1, 0.15) is 32.4 Å². The molecule has 1 amide bonds. The largest absolute Gasteiger partial charge is 0.492 e. The number of hydrogen-bond acceptors (Lipinski definition) is 3. The SMILES string of the molecule is CCOc1ccccc1NC(=O)C(C)NC(C)c1cccc(Cl)c1. The van der Waals surface area contributed by atoms with Crippen molar-refractivity contribution in [2.24, 2.45) is 0 Å². The molecule has 0 aliphatic carbocycles. The summed E-state index contributed by atoms with van der Waals surface area (Å²) < 4.78 is 5.53. The van der Waals surface area contributed by atoms with Crippen molar-refractivity contribution in [2.75, 3.05) is 11.9 Å². The lowest BCUT2D eigenvalue weighted by Gasteiger charge is -2.21. The lowest BCUT2D eigenvalue weighted by molar-refractivity contribution is -0.118. The Morgan fingerprint density at radius 3 is 2.62 bits per heavy atom. The Bertz CT molecular complexity index is 691. The number of anilines is 1. The predicted octanol–water partition coefficient (Wildman–Crippen LogP) is 4.42. The minimum absolute atomic E-state index is 0.00610. The molecule has 0 radical (unpaired) electrons. The van der Waals surface area contributed by atoms with E-state index in [1.165, 1.54) is 0 Å². The molecular formula is C19H23ClN2O2. The second-order valence-corrected chi connectivity index (χ2v) is 6.02. The number of rotatable bonds is 7. The molecular weight excluding hydrogens is 324 g/mol. The van der Waals surface area contributed by atoms with E-state index in [1.807, 2.05) is 69.3 Å². The van der Waals surface area contributed by atoms with Crippen LogP contribution in [-0.2, 0) is 4.79 Å². The van der Waals surface area contributed by atoms with Crippen LogP contribution in [0.2, 0.25) is 5.02 Å². The third kappa shape index (κ3) is 4.98. The highest BCUT2D eigenvalue weighted by Crippen LogP contribution is 2.24. The molecule has 4 nitrogen and oxygen atoms in total. The summed E-state index contributed by atoms with van der Waals surface area (Å²) in [6.07, 6.45) is 0. The number of carbonyl (C=O) groups is 1. The predicted molar refractivity (Wildman–Crippen MR) is 98.7 cm³/mol. The zero-order valence-electron chi connectivity index (χ0n) is 14.2. The summed E-state index contributed by atoms with van der Waals surface area (Å²) in [5.41, 5.74) is 1.71. The maximum absolute atomic E-state index is 12.4. The van der Waals surface area contributed by atoms with E-state index in [0.717, 1.165) is 5.56 Å². The number of benzene rings is 2. The average Bonchev–Trinajstić information content (AvgIpc) is 2.56. The number of para-hydroxylation sites is 2. The monoisotopic (exact) mass is 346 g/mol. The fourth-order valence-electron chi connectivity index (χ4n) is 2.42. The van der Waals surface area contributed by atoms with Crippen molar-refractivity contribution in [1.82, 2.24) is 5.32 Å². The van der Waals surface area contributed by atoms with Gasteiger partial charge in [-0.1, -0.05) is 35.9 Å². The minimum Gasteiger partial charge on any atom is -0.492 e. The van der Waals surface area contributed by atoms with Crippen molar-refractivity contribution in [2.45, 2.75) is 32.9 Å². The summed E-state index contributed by atoms with van der Waals surface area (Å²) in [7, 11) is 0. The Labute approximate surface area is 148 Å². The summed E-state index contributed by atoms with van der Waals surface area (Å²) in [4.78, 5) is 12.4. The molecule has 5 heteroatoms. The fraction of sp³-hybridized carbons (Fsp3) is 0.316. The minimum atomic E-state index is -0.367. The molecule has 0 saturated heterocycles. The molecule has 2 N–H and O–H groups in total. The van der Waals surface area contributed by atoms with Gasteiger partial charge in [-0.3, -0.25) is 10.1 Å². The number of amides is 1. The van der Waals surface area contributed by atoms with E-state index in [2.05, 4.69) is 10.6 Å². The van der Waals surface area contributed by atoms with Crippen molar-refractivity contribution >= 4 is 23.2 Å². The van der Waals surface area contributed by atoms with Crippen LogP contribution < -0.4 is 15.4 Å². The highest BCUT2D eigenvalue weighted by atomic mass is 35.5. The molecule has 0 aliphatic heterocycles. The lowest BCUT2D eigenvalue weighted by atomic mass is 10.1. The first-order chi connectivity index (χ1) is 11.5. The zero-order valence-corrected chi connectivity index (χ0v) is 14.9. The summed E-state index contributed by atoms with van der Waals surface area (Å²) in [6.45, 7) is 6.30. The standard InChI is InChI=1S/C19H23ClN2O2/c1-4-24-18-11-6-5-10-17(18)22-19(23)14(3)21-13(2)15-8-7-9-16(20)12-15/h5-14,21H,4H2,1-3H3,(H,22,23). The molecule has 0 saturated carbocycles. The summed E-state index contributed by atoms with van der Waals surface area (Å²) in [5, 5.41) is 6.88. The molecule has 2 aromatic carbocycles. The third-order valence-corrected chi connectivity index (χ3v) is 3.92. The molecule has 128 valence electrons. The van der Waals surface area contributed by atoms with Crippen LogP contribution >= 0.6 is 11.6 Å². The van der Waals surface area contributed by atoms with Gasteiger partial charge in [0, 0.05) is 11.1 Å². The maximum Gasteiger partial charge on any atom is 0.241 e. The van der Waals surface area contributed by atoms with Gasteiger partial charge in [-0.25, -0.2) is 0 Å². The number of ether oxygens (including phenoxy) is 1. The fourth-order valence-corrected chi connectivity index (χ4v) is 2.61. The van der Waals surface area contributed by atoms with Crippen molar-refractivity contribution < 1.29 is 9.53 Å². The van der Waals surface area contributed by atoms with Gasteiger partial charge in [0.05, 0.1) is 18.3 Å². The van der Waals surface area contributed by atoms with Crippen LogP contribution in [-0.4, -0.2) is 18.6 Å². The molecule has 0 fully saturated rings. The van der Waals surface area contributed by atoms with Crippen LogP contribution in [0.25, 0.3) is 0 Å². The number of nitrogens with one attached hydrogen (secondary N) is 2. The van der Waals surface area contributed by atoms with Gasteiger partial charge in [0.2, 0.25) is 5.91 Å². The van der Waals surface area contributed by atoms with Crippen LogP contribution in [0.4, 0.5) is 5.69 Å². The maximum atomic E-state index is 12.4. The molecule has 0 heterocycles. The van der Waals surface area contributed by atoms with Crippen molar-refractivity contribution in [3.8, 4) is 5.75 Å². The van der Waals surface area contributed by atoms with Crippen LogP contribution in [0.15, 0.2) is 48.5 Å². The topological polar surface area (TPSA) is 50.4 Å². The van der Waals surface area contributed by atoms with Gasteiger partial charge >= 0.3 is 0 Å². The van der Waals surface area contributed by atoms with Crippen molar-refractivity contribution in [3.63, 3.8) is 0 Å². The normalized spacial score (nSPS) is 13.2. The number of halogens is 1. The number of hydrogen-bond donors (Lipinski definition) is 2. The van der Waals surface area contributed by atoms with E-state index in [4.69, 9.17) is 16.3 Å².